The third-order valence-electron chi connectivity index (χ3n) is 2.71. The number of hydrogen-bond donors (Lipinski definition) is 1. The Morgan fingerprint density at radius 2 is 1.95 bits per heavy atom. The Balaban J connectivity index is 2.28. The molecule has 1 aromatic carbocycles. The van der Waals surface area contributed by atoms with Crippen molar-refractivity contribution in [3.63, 3.8) is 0 Å². The van der Waals surface area contributed by atoms with Crippen LogP contribution in [0.4, 0.5) is 10.5 Å². The summed E-state index contributed by atoms with van der Waals surface area (Å²) >= 11 is 0. The maximum Gasteiger partial charge on any atom is 0.331 e. The molecule has 1 heterocycles. The van der Waals surface area contributed by atoms with Crippen LogP contribution in [0.3, 0.4) is 0 Å². The number of anilines is 1. The van der Waals surface area contributed by atoms with Gasteiger partial charge in [-0.25, -0.2) is 9.78 Å². The first-order chi connectivity index (χ1) is 9.15. The van der Waals surface area contributed by atoms with Crippen LogP contribution in [0.1, 0.15) is 5.56 Å². The van der Waals surface area contributed by atoms with Crippen molar-refractivity contribution < 1.29 is 14.3 Å². The molecule has 1 N–H and O–H groups in total. The van der Waals surface area contributed by atoms with E-state index in [1.165, 1.54) is 10.9 Å². The van der Waals surface area contributed by atoms with Crippen molar-refractivity contribution in [2.45, 2.75) is 6.92 Å². The average Bonchev–Trinajstić information content (AvgIpc) is 2.94. The highest BCUT2D eigenvalue weighted by atomic mass is 16.5. The first-order valence-electron chi connectivity index (χ1n) is 5.67. The van der Waals surface area contributed by atoms with E-state index in [1.807, 2.05) is 13.0 Å². The molecule has 0 spiro atoms. The Morgan fingerprint density at radius 1 is 1.26 bits per heavy atom. The van der Waals surface area contributed by atoms with Crippen LogP contribution in [0.2, 0.25) is 0 Å². The summed E-state index contributed by atoms with van der Waals surface area (Å²) in [7, 11) is 3.12. The van der Waals surface area contributed by atoms with Crippen molar-refractivity contribution >= 4 is 11.7 Å². The third kappa shape index (κ3) is 2.67. The highest BCUT2D eigenvalue weighted by Gasteiger charge is 2.11. The zero-order chi connectivity index (χ0) is 13.8. The molecule has 0 aliphatic rings. The topological polar surface area (TPSA) is 65.4 Å². The molecule has 2 aromatic rings. The maximum absolute atomic E-state index is 11.9. The second-order valence-corrected chi connectivity index (χ2v) is 3.92. The molecule has 0 fully saturated rings. The Bertz CT molecular complexity index is 579. The summed E-state index contributed by atoms with van der Waals surface area (Å²) in [4.78, 5) is 15.7. The van der Waals surface area contributed by atoms with Gasteiger partial charge in [0.05, 0.1) is 14.2 Å². The summed E-state index contributed by atoms with van der Waals surface area (Å²) in [6.07, 6.45) is 4.55. The van der Waals surface area contributed by atoms with Gasteiger partial charge in [0.2, 0.25) is 0 Å². The smallest absolute Gasteiger partial charge is 0.331 e. The Labute approximate surface area is 111 Å². The molecule has 0 bridgehead atoms. The SMILES string of the molecule is COc1cc(C)c(NC(=O)n2ccnc2)cc1OC. The van der Waals surface area contributed by atoms with Gasteiger partial charge in [0.25, 0.3) is 0 Å². The highest BCUT2D eigenvalue weighted by molar-refractivity contribution is 5.92. The van der Waals surface area contributed by atoms with Crippen LogP contribution in [-0.4, -0.2) is 29.8 Å². The van der Waals surface area contributed by atoms with Gasteiger partial charge in [-0.3, -0.25) is 4.57 Å². The number of methoxy groups -OCH3 is 2. The molecule has 0 saturated carbocycles. The number of carbonyl (C=O) groups is 1. The van der Waals surface area contributed by atoms with Gasteiger partial charge >= 0.3 is 6.03 Å². The van der Waals surface area contributed by atoms with Crippen LogP contribution >= 0.6 is 0 Å². The lowest BCUT2D eigenvalue weighted by atomic mass is 10.1. The van der Waals surface area contributed by atoms with Gasteiger partial charge in [-0.1, -0.05) is 0 Å². The Hall–Kier alpha value is -2.50. The molecule has 0 radical (unpaired) electrons. The number of nitrogens with one attached hydrogen (secondary N) is 1. The zero-order valence-electron chi connectivity index (χ0n) is 11.0. The molecule has 0 aliphatic heterocycles. The molecule has 6 heteroatoms. The minimum atomic E-state index is -0.284. The molecule has 2 rings (SSSR count). The zero-order valence-corrected chi connectivity index (χ0v) is 11.0. The second-order valence-electron chi connectivity index (χ2n) is 3.92. The Morgan fingerprint density at radius 3 is 2.53 bits per heavy atom. The lowest BCUT2D eigenvalue weighted by Crippen LogP contribution is -2.18. The van der Waals surface area contributed by atoms with Gasteiger partial charge in [0.1, 0.15) is 6.33 Å². The van der Waals surface area contributed by atoms with E-state index in [0.717, 1.165) is 5.56 Å². The highest BCUT2D eigenvalue weighted by Crippen LogP contribution is 2.32. The van der Waals surface area contributed by atoms with E-state index in [1.54, 1.807) is 32.7 Å². The van der Waals surface area contributed by atoms with Crippen LogP contribution in [0.25, 0.3) is 0 Å². The van der Waals surface area contributed by atoms with Gasteiger partial charge in [-0.2, -0.15) is 0 Å². The molecule has 0 saturated heterocycles. The second kappa shape index (κ2) is 5.43. The van der Waals surface area contributed by atoms with E-state index in [-0.39, 0.29) is 6.03 Å². The summed E-state index contributed by atoms with van der Waals surface area (Å²) in [6, 6.07) is 3.25. The molecule has 19 heavy (non-hydrogen) atoms. The molecule has 0 unspecified atom stereocenters. The minimum Gasteiger partial charge on any atom is -0.493 e. The number of aromatic nitrogens is 2. The van der Waals surface area contributed by atoms with Crippen LogP contribution in [0.15, 0.2) is 30.9 Å². The number of carbonyl (C=O) groups excluding carboxylic acids is 1. The summed E-state index contributed by atoms with van der Waals surface area (Å²) in [6.45, 7) is 1.88. The normalized spacial score (nSPS) is 10.1. The summed E-state index contributed by atoms with van der Waals surface area (Å²) in [5, 5.41) is 2.79. The number of aryl methyl sites for hydroxylation is 1. The lowest BCUT2D eigenvalue weighted by Gasteiger charge is -2.13. The molecule has 6 nitrogen and oxygen atoms in total. The van der Waals surface area contributed by atoms with E-state index in [9.17, 15) is 4.79 Å². The number of rotatable bonds is 3. The fourth-order valence-electron chi connectivity index (χ4n) is 1.67. The van der Waals surface area contributed by atoms with Gasteiger partial charge < -0.3 is 14.8 Å². The van der Waals surface area contributed by atoms with Crippen LogP contribution in [-0.2, 0) is 0 Å². The standard InChI is InChI=1S/C13H15N3O3/c1-9-6-11(18-2)12(19-3)7-10(9)15-13(17)16-5-4-14-8-16/h4-8H,1-3H3,(H,15,17). The lowest BCUT2D eigenvalue weighted by molar-refractivity contribution is 0.253. The third-order valence-corrected chi connectivity index (χ3v) is 2.71. The van der Waals surface area contributed by atoms with Crippen molar-refractivity contribution in [1.29, 1.82) is 0 Å². The predicted octanol–water partition coefficient (Wildman–Crippen LogP) is 2.29. The summed E-state index contributed by atoms with van der Waals surface area (Å²) < 4.78 is 11.8. The number of nitrogens with zero attached hydrogens (tertiary/aromatic N) is 2. The van der Waals surface area contributed by atoms with Gasteiger partial charge in [0.15, 0.2) is 11.5 Å². The van der Waals surface area contributed by atoms with E-state index < -0.39 is 0 Å². The van der Waals surface area contributed by atoms with Crippen molar-refractivity contribution in [2.24, 2.45) is 0 Å². The molecule has 0 atom stereocenters. The monoisotopic (exact) mass is 261 g/mol. The summed E-state index contributed by atoms with van der Waals surface area (Å²) in [5.41, 5.74) is 1.54. The van der Waals surface area contributed by atoms with Crippen LogP contribution in [0.5, 0.6) is 11.5 Å². The molecule has 0 aliphatic carbocycles. The summed E-state index contributed by atoms with van der Waals surface area (Å²) in [5.74, 6) is 1.19. The van der Waals surface area contributed by atoms with Crippen LogP contribution < -0.4 is 14.8 Å². The first-order valence-corrected chi connectivity index (χ1v) is 5.67. The fraction of sp³-hybridized carbons (Fsp3) is 0.231. The van der Waals surface area contributed by atoms with Crippen LogP contribution in [0, 0.1) is 6.92 Å². The predicted molar refractivity (Wildman–Crippen MR) is 70.9 cm³/mol. The number of ether oxygens (including phenoxy) is 2. The van der Waals surface area contributed by atoms with E-state index in [4.69, 9.17) is 9.47 Å². The maximum atomic E-state index is 11.9. The quantitative estimate of drug-likeness (QED) is 0.920. The molecule has 100 valence electrons. The van der Waals surface area contributed by atoms with E-state index in [2.05, 4.69) is 10.3 Å². The van der Waals surface area contributed by atoms with E-state index in [0.29, 0.717) is 17.2 Å². The van der Waals surface area contributed by atoms with Crippen molar-refractivity contribution in [2.75, 3.05) is 19.5 Å². The number of amides is 1. The van der Waals surface area contributed by atoms with Gasteiger partial charge in [-0.05, 0) is 18.6 Å². The first kappa shape index (κ1) is 12.9. The number of benzene rings is 1. The van der Waals surface area contributed by atoms with Gasteiger partial charge in [0, 0.05) is 24.1 Å². The molecule has 1 aromatic heterocycles. The molecular formula is C13H15N3O3. The number of hydrogen-bond acceptors (Lipinski definition) is 4. The fourth-order valence-corrected chi connectivity index (χ4v) is 1.67. The number of imidazole rings is 1. The van der Waals surface area contributed by atoms with Crippen molar-refractivity contribution in [1.82, 2.24) is 9.55 Å². The minimum absolute atomic E-state index is 0.284. The van der Waals surface area contributed by atoms with Crippen molar-refractivity contribution in [3.05, 3.63) is 36.4 Å². The Kier molecular flexibility index (Phi) is 3.70. The van der Waals surface area contributed by atoms with E-state index >= 15 is 0 Å². The van der Waals surface area contributed by atoms with Crippen molar-refractivity contribution in [3.8, 4) is 11.5 Å². The molecular weight excluding hydrogens is 246 g/mol. The molecule has 1 amide bonds. The average molecular weight is 261 g/mol. The largest absolute Gasteiger partial charge is 0.493 e. The van der Waals surface area contributed by atoms with Gasteiger partial charge in [-0.15, -0.1) is 0 Å².